The fourth-order valence-corrected chi connectivity index (χ4v) is 10.5. The molecule has 0 aliphatic rings. The molecular weight excluding hydrogens is 719 g/mol. The highest BCUT2D eigenvalue weighted by Crippen LogP contribution is 2.46. The van der Waals surface area contributed by atoms with Crippen molar-refractivity contribution in [3.8, 4) is 22.3 Å². The Hall–Kier alpha value is -7.26. The second kappa shape index (κ2) is 13.2. The van der Waals surface area contributed by atoms with Crippen molar-refractivity contribution in [3.05, 3.63) is 212 Å². The van der Waals surface area contributed by atoms with Crippen LogP contribution in [0.3, 0.4) is 0 Å². The van der Waals surface area contributed by atoms with Gasteiger partial charge in [-0.25, -0.2) is 0 Å². The topological polar surface area (TPSA) is 3.24 Å². The average Bonchev–Trinajstić information content (AvgIpc) is 3.68. The first-order chi connectivity index (χ1) is 28.7. The zero-order valence-electron chi connectivity index (χ0n) is 31.6. The summed E-state index contributed by atoms with van der Waals surface area (Å²) in [6.45, 7) is 0. The Kier molecular flexibility index (Phi) is 7.47. The van der Waals surface area contributed by atoms with E-state index in [1.54, 1.807) is 0 Å². The smallest absolute Gasteiger partial charge is 0.0546 e. The fraction of sp³-hybridized carbons (Fsp3) is 0. The number of nitrogens with zero attached hydrogens (tertiary/aromatic N) is 1. The Balaban J connectivity index is 1.12. The Morgan fingerprint density at radius 2 is 0.897 bits per heavy atom. The van der Waals surface area contributed by atoms with Crippen molar-refractivity contribution in [1.82, 2.24) is 0 Å². The molecule has 0 fully saturated rings. The summed E-state index contributed by atoms with van der Waals surface area (Å²) in [5, 5.41) is 15.1. The van der Waals surface area contributed by atoms with E-state index in [2.05, 4.69) is 217 Å². The van der Waals surface area contributed by atoms with Crippen LogP contribution in [0, 0.1) is 0 Å². The van der Waals surface area contributed by atoms with Crippen LogP contribution in [0.4, 0.5) is 17.1 Å². The number of hydrogen-bond acceptors (Lipinski definition) is 2. The molecule has 0 unspecified atom stereocenters. The molecule has 0 saturated carbocycles. The van der Waals surface area contributed by atoms with Crippen LogP contribution in [0.2, 0.25) is 0 Å². The van der Waals surface area contributed by atoms with Crippen molar-refractivity contribution in [2.24, 2.45) is 0 Å². The van der Waals surface area contributed by atoms with E-state index in [1.807, 2.05) is 11.3 Å². The molecule has 12 aromatic rings. The van der Waals surface area contributed by atoms with E-state index in [9.17, 15) is 0 Å². The minimum absolute atomic E-state index is 1.11. The minimum Gasteiger partial charge on any atom is -0.310 e. The lowest BCUT2D eigenvalue weighted by atomic mass is 9.91. The molecular formula is C56H35NS. The summed E-state index contributed by atoms with van der Waals surface area (Å²) in [5.41, 5.74) is 8.25. The van der Waals surface area contributed by atoms with E-state index < -0.39 is 0 Å². The molecule has 12 rings (SSSR count). The summed E-state index contributed by atoms with van der Waals surface area (Å²) in [4.78, 5) is 2.48. The van der Waals surface area contributed by atoms with Crippen LogP contribution in [0.15, 0.2) is 212 Å². The zero-order chi connectivity index (χ0) is 38.2. The van der Waals surface area contributed by atoms with E-state index in [0.717, 1.165) is 17.1 Å². The second-order valence-corrected chi connectivity index (χ2v) is 16.3. The lowest BCUT2D eigenvalue weighted by molar-refractivity contribution is 1.30. The van der Waals surface area contributed by atoms with Gasteiger partial charge in [0.25, 0.3) is 0 Å². The molecule has 0 saturated heterocycles. The van der Waals surface area contributed by atoms with E-state index in [1.165, 1.54) is 96.3 Å². The highest BCUT2D eigenvalue weighted by Gasteiger charge is 2.20. The monoisotopic (exact) mass is 753 g/mol. The van der Waals surface area contributed by atoms with E-state index in [4.69, 9.17) is 0 Å². The number of fused-ring (bicyclic) bond motifs is 10. The van der Waals surface area contributed by atoms with Gasteiger partial charge < -0.3 is 4.90 Å². The number of benzene rings is 11. The van der Waals surface area contributed by atoms with E-state index in [0.29, 0.717) is 0 Å². The SMILES string of the molecule is c1ccc2c(-c3ccc(N(c4ccc5ccc6c7ccccc7sc6c5c4)c4cc(-c5cc6ccccc6c6ccccc56)cc5ccccc45)cc3)cccc2c1. The number of hydrogen-bond donors (Lipinski definition) is 0. The predicted octanol–water partition coefficient (Wildman–Crippen LogP) is 16.6. The van der Waals surface area contributed by atoms with Gasteiger partial charge in [0.15, 0.2) is 0 Å². The third-order valence-corrected chi connectivity index (χ3v) is 13.2. The van der Waals surface area contributed by atoms with Crippen molar-refractivity contribution in [2.75, 3.05) is 4.90 Å². The first-order valence-electron chi connectivity index (χ1n) is 19.9. The quantitative estimate of drug-likeness (QED) is 0.158. The molecule has 1 aromatic heterocycles. The molecule has 0 bridgehead atoms. The lowest BCUT2D eigenvalue weighted by Crippen LogP contribution is -2.11. The molecule has 1 nitrogen and oxygen atoms in total. The average molecular weight is 754 g/mol. The Labute approximate surface area is 340 Å². The largest absolute Gasteiger partial charge is 0.310 e. The van der Waals surface area contributed by atoms with Gasteiger partial charge in [-0.15, -0.1) is 11.3 Å². The highest BCUT2D eigenvalue weighted by molar-refractivity contribution is 7.26. The molecule has 270 valence electrons. The molecule has 0 N–H and O–H groups in total. The van der Waals surface area contributed by atoms with Crippen LogP contribution in [-0.2, 0) is 0 Å². The van der Waals surface area contributed by atoms with Crippen molar-refractivity contribution in [3.63, 3.8) is 0 Å². The third-order valence-electron chi connectivity index (χ3n) is 12.0. The summed E-state index contributed by atoms with van der Waals surface area (Å²) >= 11 is 1.89. The van der Waals surface area contributed by atoms with Gasteiger partial charge in [-0.3, -0.25) is 0 Å². The van der Waals surface area contributed by atoms with Gasteiger partial charge in [-0.1, -0.05) is 164 Å². The normalized spacial score (nSPS) is 11.8. The number of thiophene rings is 1. The zero-order valence-corrected chi connectivity index (χ0v) is 32.4. The maximum absolute atomic E-state index is 2.48. The maximum Gasteiger partial charge on any atom is 0.0546 e. The molecule has 0 atom stereocenters. The highest BCUT2D eigenvalue weighted by atomic mass is 32.1. The molecule has 2 heteroatoms. The van der Waals surface area contributed by atoms with Crippen LogP contribution in [0.5, 0.6) is 0 Å². The third kappa shape index (κ3) is 5.23. The first kappa shape index (κ1) is 32.9. The predicted molar refractivity (Wildman–Crippen MR) is 252 cm³/mol. The molecule has 11 aromatic carbocycles. The summed E-state index contributed by atoms with van der Waals surface area (Å²) in [5.74, 6) is 0. The molecule has 58 heavy (non-hydrogen) atoms. The Bertz CT molecular complexity index is 3570. The fourth-order valence-electron chi connectivity index (χ4n) is 9.25. The standard InChI is InChI=1S/C56H35NS/c1-4-16-44-36(12-1)15-11-22-45(44)37-24-28-42(29-25-37)57(43-30-26-38-27-31-51-50-21-9-10-23-55(50)58-56(51)53(38)35-43)54-34-41(32-39-13-3-6-18-47(39)54)52-33-40-14-2-5-17-46(40)48-19-7-8-20-49(48)52/h1-35H. The van der Waals surface area contributed by atoms with Gasteiger partial charge in [0, 0.05) is 42.3 Å². The van der Waals surface area contributed by atoms with Gasteiger partial charge in [-0.05, 0) is 114 Å². The molecule has 0 radical (unpaired) electrons. The van der Waals surface area contributed by atoms with E-state index in [-0.39, 0.29) is 0 Å². The second-order valence-electron chi connectivity index (χ2n) is 15.3. The molecule has 1 heterocycles. The van der Waals surface area contributed by atoms with Crippen molar-refractivity contribution >= 4 is 102 Å². The van der Waals surface area contributed by atoms with Crippen LogP contribution >= 0.6 is 11.3 Å². The van der Waals surface area contributed by atoms with Gasteiger partial charge in [0.1, 0.15) is 0 Å². The Morgan fingerprint density at radius 3 is 1.72 bits per heavy atom. The number of rotatable bonds is 5. The molecule has 0 aliphatic carbocycles. The minimum atomic E-state index is 1.11. The van der Waals surface area contributed by atoms with Crippen LogP contribution in [0.25, 0.3) is 96.3 Å². The number of anilines is 3. The summed E-state index contributed by atoms with van der Waals surface area (Å²) in [6.07, 6.45) is 0. The van der Waals surface area contributed by atoms with E-state index >= 15 is 0 Å². The van der Waals surface area contributed by atoms with Crippen molar-refractivity contribution < 1.29 is 0 Å². The summed E-state index contributed by atoms with van der Waals surface area (Å²) in [6, 6.07) is 78.5. The maximum atomic E-state index is 2.48. The van der Waals surface area contributed by atoms with Gasteiger partial charge >= 0.3 is 0 Å². The van der Waals surface area contributed by atoms with Crippen molar-refractivity contribution in [2.45, 2.75) is 0 Å². The van der Waals surface area contributed by atoms with Crippen LogP contribution in [0.1, 0.15) is 0 Å². The Morgan fingerprint density at radius 1 is 0.293 bits per heavy atom. The van der Waals surface area contributed by atoms with Gasteiger partial charge in [0.2, 0.25) is 0 Å². The molecule has 0 aliphatic heterocycles. The van der Waals surface area contributed by atoms with Gasteiger partial charge in [-0.2, -0.15) is 0 Å². The molecule has 0 amide bonds. The van der Waals surface area contributed by atoms with Crippen molar-refractivity contribution in [1.29, 1.82) is 0 Å². The lowest BCUT2D eigenvalue weighted by Gasteiger charge is -2.28. The summed E-state index contributed by atoms with van der Waals surface area (Å²) < 4.78 is 2.64. The van der Waals surface area contributed by atoms with Gasteiger partial charge in [0.05, 0.1) is 5.69 Å². The summed E-state index contributed by atoms with van der Waals surface area (Å²) in [7, 11) is 0. The van der Waals surface area contributed by atoms with Crippen LogP contribution < -0.4 is 4.90 Å². The molecule has 0 spiro atoms. The van der Waals surface area contributed by atoms with Crippen LogP contribution in [-0.4, -0.2) is 0 Å². The first-order valence-corrected chi connectivity index (χ1v) is 20.7.